The lowest BCUT2D eigenvalue weighted by molar-refractivity contribution is 0.0599. The van der Waals surface area contributed by atoms with Crippen molar-refractivity contribution >= 4 is 40.1 Å². The van der Waals surface area contributed by atoms with Crippen LogP contribution in [0.15, 0.2) is 32.4 Å². The molecule has 0 spiro atoms. The molecule has 10 nitrogen and oxygen atoms in total. The summed E-state index contributed by atoms with van der Waals surface area (Å²) < 4.78 is 13.7. The summed E-state index contributed by atoms with van der Waals surface area (Å²) in [4.78, 5) is 42.3. The number of unbranched alkanes of at least 4 members (excludes halogenated alkanes) is 2. The Morgan fingerprint density at radius 3 is 2.77 bits per heavy atom. The second-order valence-corrected chi connectivity index (χ2v) is 9.45. The maximum absolute atomic E-state index is 13.1. The fourth-order valence-electron chi connectivity index (χ4n) is 4.11. The van der Waals surface area contributed by atoms with Gasteiger partial charge in [-0.15, -0.1) is 0 Å². The Balaban J connectivity index is 1.45. The van der Waals surface area contributed by atoms with Crippen LogP contribution in [0, 0.1) is 0 Å². The minimum atomic E-state index is -0.423. The number of hydrogen-bond donors (Lipinski definition) is 0. The number of carbonyl (C=O) groups excluding carboxylic acids is 1. The van der Waals surface area contributed by atoms with E-state index in [4.69, 9.17) is 16.3 Å². The normalized spacial score (nSPS) is 12.6. The van der Waals surface area contributed by atoms with E-state index in [9.17, 15) is 14.4 Å². The molecule has 0 aliphatic carbocycles. The van der Waals surface area contributed by atoms with Gasteiger partial charge in [-0.25, -0.2) is 14.6 Å². The van der Waals surface area contributed by atoms with Gasteiger partial charge in [-0.2, -0.15) is 9.47 Å². The maximum Gasteiger partial charge on any atom is 0.340 e. The van der Waals surface area contributed by atoms with E-state index in [1.54, 1.807) is 20.8 Å². The summed E-state index contributed by atoms with van der Waals surface area (Å²) in [6.45, 7) is 3.25. The van der Waals surface area contributed by atoms with Crippen molar-refractivity contribution in [1.82, 2.24) is 23.3 Å². The van der Waals surface area contributed by atoms with Crippen molar-refractivity contribution in [3.05, 3.63) is 61.0 Å². The second-order valence-electron chi connectivity index (χ2n) is 8.38. The van der Waals surface area contributed by atoms with E-state index in [0.717, 1.165) is 24.8 Å². The lowest BCUT2D eigenvalue weighted by Crippen LogP contribution is -2.41. The number of rotatable bonds is 11. The lowest BCUT2D eigenvalue weighted by atomic mass is 10.2. The van der Waals surface area contributed by atoms with Crippen LogP contribution in [0.1, 0.15) is 59.8 Å². The lowest BCUT2D eigenvalue weighted by Gasteiger charge is -2.14. The number of ether oxygens (including phenoxy) is 1. The molecule has 0 aromatic carbocycles. The Morgan fingerprint density at radius 1 is 1.20 bits per heavy atom. The molecule has 0 saturated heterocycles. The Morgan fingerprint density at radius 2 is 2.00 bits per heavy atom. The molecule has 12 heteroatoms. The third-order valence-electron chi connectivity index (χ3n) is 5.92. The van der Waals surface area contributed by atoms with Gasteiger partial charge in [0.25, 0.3) is 5.56 Å². The Hall–Kier alpha value is -3.05. The van der Waals surface area contributed by atoms with Crippen molar-refractivity contribution < 1.29 is 9.53 Å². The van der Waals surface area contributed by atoms with Crippen molar-refractivity contribution in [2.45, 2.75) is 65.1 Å². The van der Waals surface area contributed by atoms with Gasteiger partial charge < -0.3 is 4.74 Å². The van der Waals surface area contributed by atoms with Gasteiger partial charge in [-0.1, -0.05) is 31.4 Å². The number of halogens is 1. The SMILES string of the molecule is CCCCCn1c2c(c(=O)n(CCCc3cnn(Cc4nscc4C(=O)OC)c3)c1=O)CC(Cl)=N2. The van der Waals surface area contributed by atoms with Gasteiger partial charge in [-0.3, -0.25) is 18.6 Å². The first-order chi connectivity index (χ1) is 16.9. The van der Waals surface area contributed by atoms with E-state index in [1.807, 2.05) is 6.20 Å². The zero-order valence-corrected chi connectivity index (χ0v) is 21.3. The van der Waals surface area contributed by atoms with E-state index >= 15 is 0 Å². The van der Waals surface area contributed by atoms with Crippen LogP contribution in [0.3, 0.4) is 0 Å². The van der Waals surface area contributed by atoms with Crippen LogP contribution in [-0.4, -0.2) is 41.5 Å². The summed E-state index contributed by atoms with van der Waals surface area (Å²) in [6.07, 6.45) is 7.97. The predicted octanol–water partition coefficient (Wildman–Crippen LogP) is 3.15. The zero-order valence-electron chi connectivity index (χ0n) is 19.7. The number of aryl methyl sites for hydroxylation is 1. The highest BCUT2D eigenvalue weighted by molar-refractivity contribution is 7.03. The molecule has 0 radical (unpaired) electrons. The Bertz CT molecular complexity index is 1370. The average Bonchev–Trinajstić information content (AvgIpc) is 3.58. The first-order valence-corrected chi connectivity index (χ1v) is 12.8. The van der Waals surface area contributed by atoms with Gasteiger partial charge in [0.1, 0.15) is 11.0 Å². The van der Waals surface area contributed by atoms with Crippen LogP contribution >= 0.6 is 23.1 Å². The smallest absolute Gasteiger partial charge is 0.340 e. The maximum atomic E-state index is 13.1. The Kier molecular flexibility index (Phi) is 7.97. The Labute approximate surface area is 211 Å². The van der Waals surface area contributed by atoms with Gasteiger partial charge in [0.15, 0.2) is 0 Å². The minimum absolute atomic E-state index is 0.265. The molecule has 0 amide bonds. The molecule has 0 bridgehead atoms. The van der Waals surface area contributed by atoms with Gasteiger partial charge >= 0.3 is 11.7 Å². The fourth-order valence-corrected chi connectivity index (χ4v) is 5.00. The number of aliphatic imine (C=N–C) groups is 1. The molecule has 35 heavy (non-hydrogen) atoms. The molecule has 4 heterocycles. The molecule has 4 rings (SSSR count). The number of carbonyl (C=O) groups is 1. The van der Waals surface area contributed by atoms with Gasteiger partial charge in [0.2, 0.25) is 0 Å². The van der Waals surface area contributed by atoms with Crippen LogP contribution in [-0.2, 0) is 37.2 Å². The number of aromatic nitrogens is 5. The van der Waals surface area contributed by atoms with Crippen molar-refractivity contribution in [2.24, 2.45) is 4.99 Å². The molecule has 0 N–H and O–H groups in total. The van der Waals surface area contributed by atoms with E-state index < -0.39 is 5.97 Å². The van der Waals surface area contributed by atoms with Crippen LogP contribution in [0.25, 0.3) is 0 Å². The van der Waals surface area contributed by atoms with Crippen LogP contribution < -0.4 is 11.2 Å². The number of fused-ring (bicyclic) bond motifs is 1. The van der Waals surface area contributed by atoms with Crippen LogP contribution in [0.2, 0.25) is 0 Å². The quantitative estimate of drug-likeness (QED) is 0.284. The van der Waals surface area contributed by atoms with Gasteiger partial charge in [0.05, 0.1) is 36.7 Å². The number of hydrogen-bond acceptors (Lipinski definition) is 8. The van der Waals surface area contributed by atoms with Crippen molar-refractivity contribution in [3.8, 4) is 0 Å². The highest BCUT2D eigenvalue weighted by atomic mass is 35.5. The molecular formula is C23H27ClN6O4S. The number of nitrogens with zero attached hydrogens (tertiary/aromatic N) is 6. The van der Waals surface area contributed by atoms with Crippen molar-refractivity contribution in [3.63, 3.8) is 0 Å². The zero-order chi connectivity index (χ0) is 24.9. The summed E-state index contributed by atoms with van der Waals surface area (Å²) in [6, 6.07) is 0. The summed E-state index contributed by atoms with van der Waals surface area (Å²) >= 11 is 7.30. The molecule has 1 aliphatic heterocycles. The number of esters is 1. The topological polar surface area (TPSA) is 113 Å². The third-order valence-corrected chi connectivity index (χ3v) is 6.81. The van der Waals surface area contributed by atoms with E-state index in [-0.39, 0.29) is 17.7 Å². The van der Waals surface area contributed by atoms with Crippen LogP contribution in [0.4, 0.5) is 5.82 Å². The first kappa shape index (κ1) is 25.1. The van der Waals surface area contributed by atoms with Crippen LogP contribution in [0.5, 0.6) is 0 Å². The minimum Gasteiger partial charge on any atom is -0.465 e. The molecule has 186 valence electrons. The van der Waals surface area contributed by atoms with E-state index in [0.29, 0.717) is 60.3 Å². The predicted molar refractivity (Wildman–Crippen MR) is 134 cm³/mol. The molecule has 0 saturated carbocycles. The van der Waals surface area contributed by atoms with Gasteiger partial charge in [-0.05, 0) is 36.4 Å². The van der Waals surface area contributed by atoms with E-state index in [1.165, 1.54) is 23.2 Å². The third kappa shape index (κ3) is 5.46. The largest absolute Gasteiger partial charge is 0.465 e. The molecular weight excluding hydrogens is 492 g/mol. The molecule has 3 aromatic heterocycles. The highest BCUT2D eigenvalue weighted by Gasteiger charge is 2.24. The number of methoxy groups -OCH3 is 1. The molecule has 0 atom stereocenters. The molecule has 1 aliphatic rings. The molecule has 0 unspecified atom stereocenters. The van der Waals surface area contributed by atoms with Gasteiger partial charge in [0, 0.05) is 31.1 Å². The summed E-state index contributed by atoms with van der Waals surface area (Å²) in [5.74, 6) is -0.0139. The summed E-state index contributed by atoms with van der Waals surface area (Å²) in [5, 5.41) is 6.35. The first-order valence-electron chi connectivity index (χ1n) is 11.5. The monoisotopic (exact) mass is 518 g/mol. The van der Waals surface area contributed by atoms with Crippen molar-refractivity contribution in [1.29, 1.82) is 0 Å². The summed E-state index contributed by atoms with van der Waals surface area (Å²) in [5.41, 5.74) is 1.84. The average molecular weight is 519 g/mol. The second kappa shape index (κ2) is 11.1. The van der Waals surface area contributed by atoms with Crippen molar-refractivity contribution in [2.75, 3.05) is 7.11 Å². The molecule has 3 aromatic rings. The highest BCUT2D eigenvalue weighted by Crippen LogP contribution is 2.24. The van der Waals surface area contributed by atoms with E-state index in [2.05, 4.69) is 21.4 Å². The fraction of sp³-hybridized carbons (Fsp3) is 0.478. The standard InChI is InChI=1S/C23H27ClN6O4S/c1-3-4-5-8-29-20-16(10-19(24)26-20)21(31)30(23(29)33)9-6-7-15-11-25-28(12-15)13-18-17(14-35-27-18)22(32)34-2/h11-12,14H,3-10,13H2,1-2H3. The molecule has 0 fully saturated rings. The summed E-state index contributed by atoms with van der Waals surface area (Å²) in [7, 11) is 1.34.